The summed E-state index contributed by atoms with van der Waals surface area (Å²) in [5, 5.41) is 1.51. The van der Waals surface area contributed by atoms with Crippen LogP contribution in [0.1, 0.15) is 41.7 Å². The van der Waals surface area contributed by atoms with E-state index in [2.05, 4.69) is 9.88 Å². The van der Waals surface area contributed by atoms with E-state index in [4.69, 9.17) is 11.6 Å². The van der Waals surface area contributed by atoms with Gasteiger partial charge < -0.3 is 9.80 Å². The van der Waals surface area contributed by atoms with Gasteiger partial charge in [0.15, 0.2) is 0 Å². The molecule has 0 unspecified atom stereocenters. The highest BCUT2D eigenvalue weighted by Crippen LogP contribution is 2.22. The van der Waals surface area contributed by atoms with Crippen molar-refractivity contribution in [1.82, 2.24) is 19.7 Å². The average Bonchev–Trinajstić information content (AvgIpc) is 3.03. The maximum atomic E-state index is 13.1. The Kier molecular flexibility index (Phi) is 6.54. The molecule has 30 heavy (non-hydrogen) atoms. The Morgan fingerprint density at radius 3 is 2.33 bits per heavy atom. The summed E-state index contributed by atoms with van der Waals surface area (Å²) >= 11 is 6.10. The number of benzene rings is 1. The Morgan fingerprint density at radius 1 is 0.933 bits per heavy atom. The first kappa shape index (κ1) is 21.1. The summed E-state index contributed by atoms with van der Waals surface area (Å²) in [6, 6.07) is 7.41. The molecule has 0 spiro atoms. The van der Waals surface area contributed by atoms with Crippen molar-refractivity contribution in [2.45, 2.75) is 32.6 Å². The summed E-state index contributed by atoms with van der Waals surface area (Å²) in [6.07, 6.45) is 4.66. The van der Waals surface area contributed by atoms with E-state index < -0.39 is 0 Å². The van der Waals surface area contributed by atoms with Crippen LogP contribution in [0.3, 0.4) is 0 Å². The van der Waals surface area contributed by atoms with Crippen molar-refractivity contribution in [3.8, 4) is 0 Å². The number of halogens is 1. The van der Waals surface area contributed by atoms with Crippen molar-refractivity contribution in [2.75, 3.05) is 45.8 Å². The Balaban J connectivity index is 1.37. The van der Waals surface area contributed by atoms with Crippen molar-refractivity contribution in [3.05, 3.63) is 40.5 Å². The first-order chi connectivity index (χ1) is 14.5. The zero-order valence-electron chi connectivity index (χ0n) is 17.6. The van der Waals surface area contributed by atoms with Crippen LogP contribution in [-0.4, -0.2) is 77.3 Å². The van der Waals surface area contributed by atoms with Gasteiger partial charge in [0.05, 0.1) is 23.3 Å². The largest absolute Gasteiger partial charge is 0.342 e. The molecular weight excluding hydrogens is 400 g/mol. The molecule has 0 saturated carbocycles. The summed E-state index contributed by atoms with van der Waals surface area (Å²) in [4.78, 5) is 36.4. The fourth-order valence-corrected chi connectivity index (χ4v) is 4.53. The lowest BCUT2D eigenvalue weighted by Crippen LogP contribution is -2.51. The number of likely N-dealkylation sites (tertiary alicyclic amines) is 1. The predicted molar refractivity (Wildman–Crippen MR) is 119 cm³/mol. The molecule has 0 radical (unpaired) electrons. The van der Waals surface area contributed by atoms with Gasteiger partial charge in [0.2, 0.25) is 5.91 Å². The predicted octanol–water partition coefficient (Wildman–Crippen LogP) is 3.36. The molecule has 1 aromatic carbocycles. The zero-order chi connectivity index (χ0) is 21.1. The van der Waals surface area contributed by atoms with Gasteiger partial charge in [0, 0.05) is 49.7 Å². The molecule has 2 saturated heterocycles. The van der Waals surface area contributed by atoms with Crippen LogP contribution in [0.5, 0.6) is 0 Å². The molecule has 0 bridgehead atoms. The van der Waals surface area contributed by atoms with Crippen molar-refractivity contribution >= 4 is 34.3 Å². The standard InChI is InChI=1S/C23H29ClN4O2/c1-17-20(15-18-14-19(24)6-7-21(18)25-17)23(30)28-12-10-26(11-13-28)16-22(29)27-8-4-2-3-5-9-27/h6-7,14-15H,2-5,8-13,16H2,1H3. The van der Waals surface area contributed by atoms with Gasteiger partial charge in [-0.05, 0) is 44.0 Å². The summed E-state index contributed by atoms with van der Waals surface area (Å²) < 4.78 is 0. The number of hydrogen-bond donors (Lipinski definition) is 0. The number of aromatic nitrogens is 1. The fourth-order valence-electron chi connectivity index (χ4n) is 4.35. The number of pyridine rings is 1. The molecule has 2 amide bonds. The Hall–Kier alpha value is -2.18. The van der Waals surface area contributed by atoms with Crippen LogP contribution in [0, 0.1) is 6.92 Å². The van der Waals surface area contributed by atoms with Crippen molar-refractivity contribution in [1.29, 1.82) is 0 Å². The smallest absolute Gasteiger partial charge is 0.255 e. The Morgan fingerprint density at radius 2 is 1.63 bits per heavy atom. The second kappa shape index (κ2) is 9.31. The minimum Gasteiger partial charge on any atom is -0.342 e. The molecule has 0 N–H and O–H groups in total. The lowest BCUT2D eigenvalue weighted by Gasteiger charge is -2.35. The number of amides is 2. The molecule has 160 valence electrons. The number of hydrogen-bond acceptors (Lipinski definition) is 4. The van der Waals surface area contributed by atoms with Crippen LogP contribution < -0.4 is 0 Å². The van der Waals surface area contributed by atoms with Crippen molar-refractivity contribution in [3.63, 3.8) is 0 Å². The summed E-state index contributed by atoms with van der Waals surface area (Å²) in [6.45, 7) is 6.78. The van der Waals surface area contributed by atoms with Gasteiger partial charge in [-0.25, -0.2) is 0 Å². The van der Waals surface area contributed by atoms with Crippen molar-refractivity contribution in [2.24, 2.45) is 0 Å². The number of carbonyl (C=O) groups excluding carboxylic acids is 2. The van der Waals surface area contributed by atoms with Crippen LogP contribution in [-0.2, 0) is 4.79 Å². The molecule has 2 fully saturated rings. The van der Waals surface area contributed by atoms with Crippen LogP contribution in [0.15, 0.2) is 24.3 Å². The number of aryl methyl sites for hydroxylation is 1. The molecule has 3 heterocycles. The van der Waals surface area contributed by atoms with E-state index in [1.165, 1.54) is 12.8 Å². The molecule has 4 rings (SSSR count). The lowest BCUT2D eigenvalue weighted by atomic mass is 10.1. The summed E-state index contributed by atoms with van der Waals surface area (Å²) in [7, 11) is 0. The van der Waals surface area contributed by atoms with Crippen LogP contribution in [0.25, 0.3) is 10.9 Å². The van der Waals surface area contributed by atoms with Gasteiger partial charge in [0.25, 0.3) is 5.91 Å². The van der Waals surface area contributed by atoms with E-state index in [-0.39, 0.29) is 11.8 Å². The molecule has 2 aliphatic rings. The molecule has 0 aliphatic carbocycles. The second-order valence-electron chi connectivity index (χ2n) is 8.32. The van der Waals surface area contributed by atoms with Crippen molar-refractivity contribution < 1.29 is 9.59 Å². The Bertz CT molecular complexity index is 932. The first-order valence-corrected chi connectivity index (χ1v) is 11.3. The SMILES string of the molecule is Cc1nc2ccc(Cl)cc2cc1C(=O)N1CCN(CC(=O)N2CCCCCC2)CC1. The Labute approximate surface area is 182 Å². The molecule has 1 aromatic heterocycles. The van der Waals surface area contributed by atoms with Gasteiger partial charge in [0.1, 0.15) is 0 Å². The third-order valence-electron chi connectivity index (χ3n) is 6.17. The van der Waals surface area contributed by atoms with E-state index in [1.807, 2.05) is 41.0 Å². The zero-order valence-corrected chi connectivity index (χ0v) is 18.3. The lowest BCUT2D eigenvalue weighted by molar-refractivity contribution is -0.132. The van der Waals surface area contributed by atoms with Crippen LogP contribution >= 0.6 is 11.6 Å². The minimum atomic E-state index is 0.000343. The second-order valence-corrected chi connectivity index (χ2v) is 8.76. The molecule has 7 heteroatoms. The van der Waals surface area contributed by atoms with E-state index in [0.717, 1.165) is 55.6 Å². The molecular formula is C23H29ClN4O2. The van der Waals surface area contributed by atoms with Gasteiger partial charge >= 0.3 is 0 Å². The highest BCUT2D eigenvalue weighted by Gasteiger charge is 2.26. The molecule has 2 aliphatic heterocycles. The number of carbonyl (C=O) groups is 2. The van der Waals surface area contributed by atoms with E-state index in [9.17, 15) is 9.59 Å². The van der Waals surface area contributed by atoms with E-state index >= 15 is 0 Å². The van der Waals surface area contributed by atoms with Gasteiger partial charge in [-0.1, -0.05) is 24.4 Å². The van der Waals surface area contributed by atoms with Crippen LogP contribution in [0.2, 0.25) is 5.02 Å². The maximum absolute atomic E-state index is 13.1. The fraction of sp³-hybridized carbons (Fsp3) is 0.522. The average molecular weight is 429 g/mol. The number of nitrogens with zero attached hydrogens (tertiary/aromatic N) is 4. The van der Waals surface area contributed by atoms with E-state index in [1.54, 1.807) is 0 Å². The maximum Gasteiger partial charge on any atom is 0.255 e. The number of fused-ring (bicyclic) bond motifs is 1. The third kappa shape index (κ3) is 4.76. The van der Waals surface area contributed by atoms with Gasteiger partial charge in [-0.3, -0.25) is 19.5 Å². The number of piperazine rings is 1. The summed E-state index contributed by atoms with van der Waals surface area (Å²) in [5.74, 6) is 0.225. The molecule has 0 atom stereocenters. The monoisotopic (exact) mass is 428 g/mol. The molecule has 2 aromatic rings. The van der Waals surface area contributed by atoms with Gasteiger partial charge in [-0.2, -0.15) is 0 Å². The van der Waals surface area contributed by atoms with Crippen LogP contribution in [0.4, 0.5) is 0 Å². The number of rotatable bonds is 3. The van der Waals surface area contributed by atoms with E-state index in [0.29, 0.717) is 30.2 Å². The van der Waals surface area contributed by atoms with Gasteiger partial charge in [-0.15, -0.1) is 0 Å². The minimum absolute atomic E-state index is 0.000343. The molecule has 6 nitrogen and oxygen atoms in total. The normalized spacial score (nSPS) is 18.5. The topological polar surface area (TPSA) is 56.8 Å². The summed E-state index contributed by atoms with van der Waals surface area (Å²) in [5.41, 5.74) is 2.19. The first-order valence-electron chi connectivity index (χ1n) is 10.9. The third-order valence-corrected chi connectivity index (χ3v) is 6.41. The highest BCUT2D eigenvalue weighted by molar-refractivity contribution is 6.31. The quantitative estimate of drug-likeness (QED) is 0.752. The highest BCUT2D eigenvalue weighted by atomic mass is 35.5.